The summed E-state index contributed by atoms with van der Waals surface area (Å²) in [6, 6.07) is 21.5. The molecule has 2 aliphatic heterocycles. The van der Waals surface area contributed by atoms with Crippen LogP contribution in [-0.2, 0) is 14.9 Å². The third-order valence-corrected chi connectivity index (χ3v) is 10.1. The van der Waals surface area contributed by atoms with Gasteiger partial charge in [-0.1, -0.05) is 72.3 Å². The molecule has 0 amide bonds. The highest BCUT2D eigenvalue weighted by Crippen LogP contribution is 2.45. The van der Waals surface area contributed by atoms with Crippen LogP contribution in [0.4, 0.5) is 11.4 Å². The largest absolute Gasteiger partial charge is 0.468 e. The van der Waals surface area contributed by atoms with E-state index < -0.39 is 0 Å². The van der Waals surface area contributed by atoms with Gasteiger partial charge in [0.1, 0.15) is 6.54 Å². The topological polar surface area (TPSA) is 52.8 Å². The van der Waals surface area contributed by atoms with E-state index in [4.69, 9.17) is 16.3 Å². The molecule has 6 heteroatoms. The molecule has 47 heavy (non-hydrogen) atoms. The number of nitrogens with zero attached hydrogens (tertiary/aromatic N) is 2. The maximum atomic E-state index is 10.6. The second kappa shape index (κ2) is 14.7. The molecule has 3 aromatic carbocycles. The van der Waals surface area contributed by atoms with Gasteiger partial charge in [0.15, 0.2) is 5.71 Å². The molecule has 0 fully saturated rings. The van der Waals surface area contributed by atoms with Crippen molar-refractivity contribution in [3.8, 4) is 0 Å². The highest BCUT2D eigenvalue weighted by Gasteiger charge is 2.45. The Morgan fingerprint density at radius 2 is 1.81 bits per heavy atom. The normalized spacial score (nSPS) is 18.9. The number of ether oxygens (including phenoxy) is 1. The summed E-state index contributed by atoms with van der Waals surface area (Å²) in [5, 5.41) is 12.9. The first-order valence-corrected chi connectivity index (χ1v) is 17.2. The zero-order valence-electron chi connectivity index (χ0n) is 27.4. The van der Waals surface area contributed by atoms with Gasteiger partial charge in [0.25, 0.3) is 6.47 Å². The Bertz CT molecular complexity index is 1840. The average molecular weight is 648 g/mol. The van der Waals surface area contributed by atoms with Crippen molar-refractivity contribution in [3.05, 3.63) is 125 Å². The Kier molecular flexibility index (Phi) is 10.2. The Labute approximate surface area is 283 Å². The number of anilines is 1. The van der Waals surface area contributed by atoms with Gasteiger partial charge in [-0.15, -0.1) is 0 Å². The highest BCUT2D eigenvalue weighted by molar-refractivity contribution is 6.32. The molecule has 0 atom stereocenters. The molecule has 0 radical (unpaired) electrons. The number of aliphatic hydroxyl groups is 1. The quantitative estimate of drug-likeness (QED) is 0.121. The lowest BCUT2D eigenvalue weighted by Gasteiger charge is -2.27. The van der Waals surface area contributed by atoms with E-state index in [1.54, 1.807) is 0 Å². The predicted molar refractivity (Wildman–Crippen MR) is 195 cm³/mol. The molecule has 3 aromatic rings. The number of benzene rings is 3. The zero-order valence-corrected chi connectivity index (χ0v) is 28.2. The smallest absolute Gasteiger partial charge is 0.293 e. The summed E-state index contributed by atoms with van der Waals surface area (Å²) in [6.45, 7) is 7.23. The zero-order chi connectivity index (χ0) is 32.8. The minimum atomic E-state index is -0.192. The summed E-state index contributed by atoms with van der Waals surface area (Å²) in [5.41, 5.74) is 9.45. The Morgan fingerprint density at radius 3 is 2.66 bits per heavy atom. The highest BCUT2D eigenvalue weighted by atomic mass is 35.5. The Hall–Kier alpha value is -4.19. The lowest BCUT2D eigenvalue weighted by atomic mass is 9.79. The second-order valence-electron chi connectivity index (χ2n) is 13.0. The van der Waals surface area contributed by atoms with E-state index in [0.29, 0.717) is 19.6 Å². The lowest BCUT2D eigenvalue weighted by molar-refractivity contribution is -0.438. The molecule has 242 valence electrons. The van der Waals surface area contributed by atoms with Gasteiger partial charge in [0.05, 0.1) is 18.6 Å². The fourth-order valence-corrected chi connectivity index (χ4v) is 7.61. The second-order valence-corrected chi connectivity index (χ2v) is 13.3. The van der Waals surface area contributed by atoms with Gasteiger partial charge in [0, 0.05) is 53.2 Å². The Morgan fingerprint density at radius 1 is 0.979 bits per heavy atom. The molecule has 1 N–H and O–H groups in total. The third-order valence-electron chi connectivity index (χ3n) is 9.63. The molecule has 0 saturated carbocycles. The number of halogens is 1. The van der Waals surface area contributed by atoms with Crippen molar-refractivity contribution in [2.45, 2.75) is 57.8 Å². The molecule has 0 spiro atoms. The van der Waals surface area contributed by atoms with E-state index in [0.717, 1.165) is 72.5 Å². The van der Waals surface area contributed by atoms with E-state index in [1.165, 1.54) is 33.3 Å². The number of allylic oxidation sites excluding steroid dienone is 9. The lowest BCUT2D eigenvalue weighted by Crippen LogP contribution is -2.28. The third kappa shape index (κ3) is 6.79. The van der Waals surface area contributed by atoms with Gasteiger partial charge in [-0.05, 0) is 91.7 Å². The summed E-state index contributed by atoms with van der Waals surface area (Å²) < 4.78 is 7.41. The fraction of sp³-hybridized carbons (Fsp3) is 0.317. The first-order chi connectivity index (χ1) is 22.9. The van der Waals surface area contributed by atoms with Crippen LogP contribution in [0.3, 0.4) is 0 Å². The van der Waals surface area contributed by atoms with Crippen LogP contribution in [0.2, 0.25) is 0 Å². The van der Waals surface area contributed by atoms with Crippen LogP contribution >= 0.6 is 11.6 Å². The summed E-state index contributed by atoms with van der Waals surface area (Å²) in [7, 11) is 0. The van der Waals surface area contributed by atoms with E-state index >= 15 is 0 Å². The Balaban J connectivity index is 1.31. The number of β-amino-alcohol motifs (C(OH)–C–C–N with tert-alkyl or cyclic N) is 1. The first-order valence-electron chi connectivity index (χ1n) is 16.8. The monoisotopic (exact) mass is 647 g/mol. The van der Waals surface area contributed by atoms with Crippen molar-refractivity contribution in [1.82, 2.24) is 0 Å². The van der Waals surface area contributed by atoms with Gasteiger partial charge >= 0.3 is 0 Å². The molecule has 3 aliphatic rings. The van der Waals surface area contributed by atoms with E-state index in [9.17, 15) is 9.90 Å². The molecule has 6 rings (SSSR count). The number of para-hydroxylation sites is 1. The number of hydrogen-bond acceptors (Lipinski definition) is 4. The molecule has 1 aliphatic carbocycles. The van der Waals surface area contributed by atoms with Crippen LogP contribution in [0.15, 0.2) is 113 Å². The number of unbranched alkanes of at least 4 members (excludes halogenated alkanes) is 2. The van der Waals surface area contributed by atoms with Gasteiger partial charge < -0.3 is 14.7 Å². The number of carbonyl (C=O) groups excluding carboxylic acids is 1. The number of fused-ring (bicyclic) bond motifs is 4. The number of rotatable bonds is 12. The van der Waals surface area contributed by atoms with Crippen LogP contribution in [-0.4, -0.2) is 48.2 Å². The van der Waals surface area contributed by atoms with Gasteiger partial charge in [0.2, 0.25) is 5.69 Å². The minimum Gasteiger partial charge on any atom is -0.468 e. The van der Waals surface area contributed by atoms with Gasteiger partial charge in [-0.3, -0.25) is 4.79 Å². The standard InChI is InChI=1S/C41H44ClN2O3/c1-41(2)38(44(24-8-3-9-28-47-29-46)37-21-19-30-11-4-5-15-35(30)39(37)41)22-20-33-13-10-12-32(40(33)42)18-17-31-23-25-43(26-27-45)36-16-7-6-14-34(31)36/h4-7,11,14-23,25,29,45H,3,8-10,12-13,24,26-28H2,1-2H3/q+1. The SMILES string of the molecule is CC1(C)C(/C=C/C2=C(Cl)C(=C/C=C3\C=CN(CCO)c4ccccc43)/CCC2)=[N+](CCCCCOC=O)c2ccc3ccccc3c21. The van der Waals surface area contributed by atoms with Gasteiger partial charge in [-0.2, -0.15) is 4.58 Å². The van der Waals surface area contributed by atoms with E-state index in [2.05, 4.69) is 108 Å². The van der Waals surface area contributed by atoms with Crippen molar-refractivity contribution in [3.63, 3.8) is 0 Å². The molecular weight excluding hydrogens is 604 g/mol. The van der Waals surface area contributed by atoms with Crippen LogP contribution in [0, 0.1) is 0 Å². The fourth-order valence-electron chi connectivity index (χ4n) is 7.29. The summed E-state index contributed by atoms with van der Waals surface area (Å²) >= 11 is 7.15. The molecule has 0 saturated heterocycles. The summed E-state index contributed by atoms with van der Waals surface area (Å²) in [5.74, 6) is 0. The summed E-state index contributed by atoms with van der Waals surface area (Å²) in [4.78, 5) is 12.7. The van der Waals surface area contributed by atoms with Crippen LogP contribution < -0.4 is 4.90 Å². The van der Waals surface area contributed by atoms with Crippen molar-refractivity contribution in [1.29, 1.82) is 0 Å². The van der Waals surface area contributed by atoms with Crippen LogP contribution in [0.5, 0.6) is 0 Å². The minimum absolute atomic E-state index is 0.104. The maximum Gasteiger partial charge on any atom is 0.293 e. The van der Waals surface area contributed by atoms with Crippen molar-refractivity contribution in [2.24, 2.45) is 0 Å². The number of hydrogen-bond donors (Lipinski definition) is 1. The van der Waals surface area contributed by atoms with Crippen LogP contribution in [0.25, 0.3) is 16.3 Å². The number of aliphatic hydroxyl groups excluding tert-OH is 1. The average Bonchev–Trinajstić information content (AvgIpc) is 3.31. The molecular formula is C41H44ClN2O3+. The molecule has 0 unspecified atom stereocenters. The molecule has 0 bridgehead atoms. The van der Waals surface area contributed by atoms with E-state index in [-0.39, 0.29) is 12.0 Å². The predicted octanol–water partition coefficient (Wildman–Crippen LogP) is 9.13. The van der Waals surface area contributed by atoms with Crippen molar-refractivity contribution >= 4 is 51.5 Å². The molecule has 2 heterocycles. The van der Waals surface area contributed by atoms with Crippen molar-refractivity contribution < 1.29 is 19.2 Å². The molecule has 0 aromatic heterocycles. The van der Waals surface area contributed by atoms with Crippen LogP contribution in [0.1, 0.15) is 63.5 Å². The maximum absolute atomic E-state index is 10.6. The molecule has 5 nitrogen and oxygen atoms in total. The number of carbonyl (C=O) groups is 1. The van der Waals surface area contributed by atoms with Crippen molar-refractivity contribution in [2.75, 3.05) is 31.2 Å². The first kappa shape index (κ1) is 32.7. The van der Waals surface area contributed by atoms with Gasteiger partial charge in [-0.25, -0.2) is 0 Å². The summed E-state index contributed by atoms with van der Waals surface area (Å²) in [6.07, 6.45) is 18.9. The van der Waals surface area contributed by atoms with E-state index in [1.807, 2.05) is 12.3 Å².